The highest BCUT2D eigenvalue weighted by Gasteiger charge is 2.26. The Kier molecular flexibility index (Phi) is 6.60. The summed E-state index contributed by atoms with van der Waals surface area (Å²) in [7, 11) is 0. The van der Waals surface area contributed by atoms with Gasteiger partial charge in [-0.3, -0.25) is 14.9 Å². The summed E-state index contributed by atoms with van der Waals surface area (Å²) in [5, 5.41) is 12.8. The van der Waals surface area contributed by atoms with Crippen molar-refractivity contribution in [3.8, 4) is 11.3 Å². The summed E-state index contributed by atoms with van der Waals surface area (Å²) >= 11 is 0. The molecule has 0 aliphatic carbocycles. The van der Waals surface area contributed by atoms with E-state index < -0.39 is 5.91 Å². The molecule has 0 spiro atoms. The highest BCUT2D eigenvalue weighted by molar-refractivity contribution is 5.90. The van der Waals surface area contributed by atoms with Gasteiger partial charge in [0, 0.05) is 29.8 Å². The van der Waals surface area contributed by atoms with E-state index in [2.05, 4.69) is 34.3 Å². The fourth-order valence-corrected chi connectivity index (χ4v) is 4.26. The number of aryl methyl sites for hydroxylation is 1. The van der Waals surface area contributed by atoms with Crippen LogP contribution in [0.2, 0.25) is 0 Å². The standard InChI is InChI=1S/C25H27N3O3/c1-18-22(25(31-27-18)21-6-3-2-4-7-21)15-17-28-16-5-8-23(28)20-12-9-19(10-13-20)11-14-24(29)26-30/h2-4,6-7,9-14,23,30H,5,8,15-17H2,1H3,(H,26,29). The minimum atomic E-state index is -0.537. The fourth-order valence-electron chi connectivity index (χ4n) is 4.26. The highest BCUT2D eigenvalue weighted by atomic mass is 16.5. The third-order valence-corrected chi connectivity index (χ3v) is 5.89. The summed E-state index contributed by atoms with van der Waals surface area (Å²) in [5.74, 6) is 0.335. The number of hydroxylamine groups is 1. The third-order valence-electron chi connectivity index (χ3n) is 5.89. The van der Waals surface area contributed by atoms with Crippen molar-refractivity contribution in [3.05, 3.63) is 83.1 Å². The Morgan fingerprint density at radius 1 is 1.23 bits per heavy atom. The number of benzene rings is 2. The lowest BCUT2D eigenvalue weighted by atomic mass is 10.0. The molecule has 4 rings (SSSR count). The zero-order valence-corrected chi connectivity index (χ0v) is 17.6. The lowest BCUT2D eigenvalue weighted by Crippen LogP contribution is -2.26. The lowest BCUT2D eigenvalue weighted by molar-refractivity contribution is -0.124. The number of likely N-dealkylation sites (tertiary alicyclic amines) is 1. The van der Waals surface area contributed by atoms with Gasteiger partial charge < -0.3 is 4.52 Å². The number of amides is 1. The molecule has 31 heavy (non-hydrogen) atoms. The van der Waals surface area contributed by atoms with Crippen LogP contribution in [0, 0.1) is 6.92 Å². The van der Waals surface area contributed by atoms with Crippen LogP contribution in [-0.2, 0) is 11.2 Å². The maximum Gasteiger partial charge on any atom is 0.267 e. The number of carbonyl (C=O) groups is 1. The largest absolute Gasteiger partial charge is 0.356 e. The smallest absolute Gasteiger partial charge is 0.267 e. The first-order valence-corrected chi connectivity index (χ1v) is 10.6. The Balaban J connectivity index is 1.44. The maximum atomic E-state index is 11.1. The molecule has 2 aromatic carbocycles. The molecule has 2 N–H and O–H groups in total. The van der Waals surface area contributed by atoms with Crippen molar-refractivity contribution in [1.29, 1.82) is 0 Å². The number of aromatic nitrogens is 1. The van der Waals surface area contributed by atoms with E-state index in [1.807, 2.05) is 37.3 Å². The van der Waals surface area contributed by atoms with Crippen LogP contribution in [0.5, 0.6) is 0 Å². The predicted molar refractivity (Wildman–Crippen MR) is 119 cm³/mol. The zero-order chi connectivity index (χ0) is 21.6. The molecule has 1 aliphatic rings. The van der Waals surface area contributed by atoms with E-state index in [0.717, 1.165) is 48.5 Å². The van der Waals surface area contributed by atoms with Crippen molar-refractivity contribution in [2.75, 3.05) is 13.1 Å². The van der Waals surface area contributed by atoms with Crippen molar-refractivity contribution >= 4 is 12.0 Å². The van der Waals surface area contributed by atoms with Crippen LogP contribution >= 0.6 is 0 Å². The molecule has 1 atom stereocenters. The number of hydrogen-bond donors (Lipinski definition) is 2. The van der Waals surface area contributed by atoms with Crippen molar-refractivity contribution < 1.29 is 14.5 Å². The van der Waals surface area contributed by atoms with Crippen LogP contribution < -0.4 is 5.48 Å². The highest BCUT2D eigenvalue weighted by Crippen LogP contribution is 2.33. The summed E-state index contributed by atoms with van der Waals surface area (Å²) in [5.41, 5.74) is 7.00. The molecule has 1 fully saturated rings. The zero-order valence-electron chi connectivity index (χ0n) is 17.6. The number of carbonyl (C=O) groups excluding carboxylic acids is 1. The topological polar surface area (TPSA) is 78.6 Å². The number of nitrogens with one attached hydrogen (secondary N) is 1. The number of rotatable bonds is 7. The lowest BCUT2D eigenvalue weighted by Gasteiger charge is -2.25. The average molecular weight is 418 g/mol. The maximum absolute atomic E-state index is 11.1. The van der Waals surface area contributed by atoms with Gasteiger partial charge in [-0.25, -0.2) is 5.48 Å². The quantitative estimate of drug-likeness (QED) is 0.335. The Hall–Kier alpha value is -3.22. The minimum Gasteiger partial charge on any atom is -0.356 e. The van der Waals surface area contributed by atoms with Gasteiger partial charge in [0.05, 0.1) is 5.69 Å². The molecule has 160 valence electrons. The normalized spacial score (nSPS) is 16.8. The average Bonchev–Trinajstić information content (AvgIpc) is 3.43. The summed E-state index contributed by atoms with van der Waals surface area (Å²) in [6, 6.07) is 18.8. The molecule has 1 aliphatic heterocycles. The van der Waals surface area contributed by atoms with E-state index in [9.17, 15) is 4.79 Å². The first kappa shape index (κ1) is 21.0. The molecule has 6 heteroatoms. The van der Waals surface area contributed by atoms with Crippen molar-refractivity contribution in [2.45, 2.75) is 32.2 Å². The van der Waals surface area contributed by atoms with Crippen LogP contribution in [-0.4, -0.2) is 34.3 Å². The van der Waals surface area contributed by atoms with Crippen molar-refractivity contribution in [2.24, 2.45) is 0 Å². The van der Waals surface area contributed by atoms with Gasteiger partial charge in [-0.1, -0.05) is 59.8 Å². The van der Waals surface area contributed by atoms with Gasteiger partial charge in [-0.05, 0) is 49.9 Å². The van der Waals surface area contributed by atoms with Gasteiger partial charge in [0.25, 0.3) is 5.91 Å². The molecule has 1 saturated heterocycles. The Morgan fingerprint density at radius 2 is 2.00 bits per heavy atom. The molecule has 1 unspecified atom stereocenters. The fraction of sp³-hybridized carbons (Fsp3) is 0.280. The van der Waals surface area contributed by atoms with Crippen molar-refractivity contribution in [3.63, 3.8) is 0 Å². The molecule has 0 bridgehead atoms. The predicted octanol–water partition coefficient (Wildman–Crippen LogP) is 4.55. The van der Waals surface area contributed by atoms with Crippen LogP contribution in [0.15, 0.2) is 65.2 Å². The molecular weight excluding hydrogens is 390 g/mol. The van der Waals surface area contributed by atoms with Crippen LogP contribution in [0.4, 0.5) is 0 Å². The van der Waals surface area contributed by atoms with Gasteiger partial charge in [0.15, 0.2) is 5.76 Å². The van der Waals surface area contributed by atoms with Crippen molar-refractivity contribution in [1.82, 2.24) is 15.5 Å². The van der Waals surface area contributed by atoms with E-state index in [1.165, 1.54) is 23.6 Å². The van der Waals surface area contributed by atoms with E-state index in [1.54, 1.807) is 11.6 Å². The van der Waals surface area contributed by atoms with Crippen LogP contribution in [0.3, 0.4) is 0 Å². The van der Waals surface area contributed by atoms with Gasteiger partial charge in [0.1, 0.15) is 0 Å². The summed E-state index contributed by atoms with van der Waals surface area (Å²) < 4.78 is 5.65. The minimum absolute atomic E-state index is 0.388. The van der Waals surface area contributed by atoms with E-state index in [4.69, 9.17) is 9.73 Å². The first-order valence-electron chi connectivity index (χ1n) is 10.6. The third kappa shape index (κ3) is 4.93. The van der Waals surface area contributed by atoms with E-state index >= 15 is 0 Å². The SMILES string of the molecule is Cc1noc(-c2ccccc2)c1CCN1CCCC1c1ccc(C=CC(=O)NO)cc1. The molecule has 3 aromatic rings. The van der Waals surface area contributed by atoms with Crippen LogP contribution in [0.1, 0.15) is 41.3 Å². The van der Waals surface area contributed by atoms with E-state index in [0.29, 0.717) is 6.04 Å². The summed E-state index contributed by atoms with van der Waals surface area (Å²) in [4.78, 5) is 13.7. The molecular formula is C25H27N3O3. The molecule has 6 nitrogen and oxygen atoms in total. The summed E-state index contributed by atoms with van der Waals surface area (Å²) in [6.07, 6.45) is 6.20. The first-order chi connectivity index (χ1) is 15.2. The second-order valence-electron chi connectivity index (χ2n) is 7.86. The van der Waals surface area contributed by atoms with Crippen LogP contribution in [0.25, 0.3) is 17.4 Å². The number of hydrogen-bond acceptors (Lipinski definition) is 5. The molecule has 0 radical (unpaired) electrons. The van der Waals surface area contributed by atoms with Gasteiger partial charge in [0.2, 0.25) is 0 Å². The molecule has 2 heterocycles. The Bertz CT molecular complexity index is 1040. The molecule has 1 amide bonds. The Morgan fingerprint density at radius 3 is 2.74 bits per heavy atom. The van der Waals surface area contributed by atoms with E-state index in [-0.39, 0.29) is 0 Å². The molecule has 0 saturated carbocycles. The van der Waals surface area contributed by atoms with Gasteiger partial charge >= 0.3 is 0 Å². The number of nitrogens with zero attached hydrogens (tertiary/aromatic N) is 2. The van der Waals surface area contributed by atoms with Gasteiger partial charge in [-0.2, -0.15) is 0 Å². The summed E-state index contributed by atoms with van der Waals surface area (Å²) in [6.45, 7) is 4.04. The van der Waals surface area contributed by atoms with Gasteiger partial charge in [-0.15, -0.1) is 0 Å². The Labute approximate surface area is 182 Å². The molecule has 1 aromatic heterocycles. The monoisotopic (exact) mass is 417 g/mol. The second kappa shape index (κ2) is 9.73. The second-order valence-corrected chi connectivity index (χ2v) is 7.86.